The Morgan fingerprint density at radius 1 is 0.970 bits per heavy atom. The Morgan fingerprint density at radius 3 is 2.42 bits per heavy atom. The minimum absolute atomic E-state index is 0.0164. The van der Waals surface area contributed by atoms with E-state index in [4.69, 9.17) is 9.84 Å². The van der Waals surface area contributed by atoms with Gasteiger partial charge in [0, 0.05) is 24.3 Å². The van der Waals surface area contributed by atoms with Crippen molar-refractivity contribution in [3.8, 4) is 5.75 Å². The lowest BCUT2D eigenvalue weighted by Crippen LogP contribution is -2.28. The number of rotatable bonds is 4. The number of para-hydroxylation sites is 1. The Labute approximate surface area is 191 Å². The molecular weight excluding hydrogens is 427 g/mol. The van der Waals surface area contributed by atoms with Crippen LogP contribution in [0.5, 0.6) is 5.75 Å². The number of benzene rings is 2. The average Bonchev–Trinajstić information content (AvgIpc) is 3.51. The predicted molar refractivity (Wildman–Crippen MR) is 125 cm³/mol. The van der Waals surface area contributed by atoms with Crippen molar-refractivity contribution >= 4 is 17.1 Å². The van der Waals surface area contributed by atoms with Crippen LogP contribution in [0.1, 0.15) is 43.2 Å². The van der Waals surface area contributed by atoms with E-state index < -0.39 is 11.7 Å². The van der Waals surface area contributed by atoms with Gasteiger partial charge in [0.15, 0.2) is 0 Å². The van der Waals surface area contributed by atoms with E-state index in [0.29, 0.717) is 17.2 Å². The number of nitrogens with zero attached hydrogens (tertiary/aromatic N) is 3. The summed E-state index contributed by atoms with van der Waals surface area (Å²) in [5.41, 5.74) is 4.06. The van der Waals surface area contributed by atoms with Crippen LogP contribution in [-0.4, -0.2) is 25.9 Å². The monoisotopic (exact) mass is 453 g/mol. The summed E-state index contributed by atoms with van der Waals surface area (Å²) < 4.78 is 47.8. The third kappa shape index (κ3) is 3.79. The van der Waals surface area contributed by atoms with Gasteiger partial charge in [0.25, 0.3) is 0 Å². The molecular formula is C26H26F3N3O. The van der Waals surface area contributed by atoms with Gasteiger partial charge in [0.1, 0.15) is 5.75 Å². The van der Waals surface area contributed by atoms with Gasteiger partial charge in [0.05, 0.1) is 29.8 Å². The second-order valence-electron chi connectivity index (χ2n) is 8.61. The third-order valence-corrected chi connectivity index (χ3v) is 6.66. The second-order valence-corrected chi connectivity index (χ2v) is 8.61. The molecule has 4 nitrogen and oxygen atoms in total. The van der Waals surface area contributed by atoms with Gasteiger partial charge in [0.2, 0.25) is 0 Å². The molecule has 0 radical (unpaired) electrons. The second kappa shape index (κ2) is 8.28. The van der Waals surface area contributed by atoms with Gasteiger partial charge in [-0.25, -0.2) is 5.01 Å². The number of allylic oxidation sites excluding steroid dienone is 2. The van der Waals surface area contributed by atoms with Crippen LogP contribution in [0.2, 0.25) is 0 Å². The topological polar surface area (TPSA) is 28.1 Å². The van der Waals surface area contributed by atoms with Crippen molar-refractivity contribution in [1.29, 1.82) is 0 Å². The van der Waals surface area contributed by atoms with Crippen LogP contribution in [0.4, 0.5) is 24.5 Å². The molecule has 33 heavy (non-hydrogen) atoms. The van der Waals surface area contributed by atoms with Crippen molar-refractivity contribution in [2.75, 3.05) is 30.1 Å². The van der Waals surface area contributed by atoms with Crippen LogP contribution in [0, 0.1) is 0 Å². The molecule has 2 aromatic carbocycles. The van der Waals surface area contributed by atoms with Crippen molar-refractivity contribution in [2.45, 2.75) is 38.3 Å². The summed E-state index contributed by atoms with van der Waals surface area (Å²) in [6.45, 7) is 5.87. The molecule has 0 spiro atoms. The number of halogens is 3. The largest absolute Gasteiger partial charge is 0.496 e. The SMILES string of the molecule is C=C1C2=C(CCC2)C(c2ccccc2OC)=NN1c1cc(N2CCCC2)ccc1C(F)(F)F. The highest BCUT2D eigenvalue weighted by molar-refractivity contribution is 6.16. The molecule has 2 heterocycles. The van der Waals surface area contributed by atoms with Crippen LogP contribution in [0.25, 0.3) is 0 Å². The average molecular weight is 454 g/mol. The van der Waals surface area contributed by atoms with Crippen LogP contribution in [0.15, 0.2) is 71.0 Å². The molecule has 0 bridgehead atoms. The molecule has 0 aromatic heterocycles. The highest BCUT2D eigenvalue weighted by Gasteiger charge is 2.39. The van der Waals surface area contributed by atoms with E-state index in [-0.39, 0.29) is 5.69 Å². The highest BCUT2D eigenvalue weighted by atomic mass is 19.4. The first kappa shape index (κ1) is 21.6. The summed E-state index contributed by atoms with van der Waals surface area (Å²) in [6, 6.07) is 11.9. The fourth-order valence-corrected chi connectivity index (χ4v) is 5.04. The van der Waals surface area contributed by atoms with E-state index in [1.54, 1.807) is 19.2 Å². The van der Waals surface area contributed by atoms with Crippen LogP contribution in [0.3, 0.4) is 0 Å². The van der Waals surface area contributed by atoms with Crippen molar-refractivity contribution in [2.24, 2.45) is 5.10 Å². The zero-order valence-electron chi connectivity index (χ0n) is 18.6. The van der Waals surface area contributed by atoms with E-state index in [2.05, 4.69) is 11.5 Å². The van der Waals surface area contributed by atoms with Crippen molar-refractivity contribution < 1.29 is 17.9 Å². The van der Waals surface area contributed by atoms with Gasteiger partial charge >= 0.3 is 6.18 Å². The molecule has 2 aromatic rings. The molecule has 2 aliphatic heterocycles. The van der Waals surface area contributed by atoms with Gasteiger partial charge in [-0.2, -0.15) is 18.3 Å². The van der Waals surface area contributed by atoms with Gasteiger partial charge in [-0.3, -0.25) is 0 Å². The van der Waals surface area contributed by atoms with Gasteiger partial charge < -0.3 is 9.64 Å². The lowest BCUT2D eigenvalue weighted by atomic mass is 9.95. The molecule has 0 N–H and O–H groups in total. The van der Waals surface area contributed by atoms with Crippen LogP contribution < -0.4 is 14.6 Å². The summed E-state index contributed by atoms with van der Waals surface area (Å²) in [7, 11) is 1.59. The number of hydrazone groups is 1. The van der Waals surface area contributed by atoms with E-state index in [1.807, 2.05) is 24.3 Å². The zero-order valence-corrected chi connectivity index (χ0v) is 18.6. The van der Waals surface area contributed by atoms with Crippen LogP contribution in [-0.2, 0) is 6.18 Å². The number of ether oxygens (including phenoxy) is 1. The summed E-state index contributed by atoms with van der Waals surface area (Å²) in [5, 5.41) is 6.19. The Kier molecular flexibility index (Phi) is 5.43. The molecule has 7 heteroatoms. The molecule has 1 fully saturated rings. The minimum atomic E-state index is -4.51. The number of methoxy groups -OCH3 is 1. The van der Waals surface area contributed by atoms with E-state index in [1.165, 1.54) is 11.1 Å². The van der Waals surface area contributed by atoms with Crippen LogP contribution >= 0.6 is 0 Å². The molecule has 0 atom stereocenters. The summed E-state index contributed by atoms with van der Waals surface area (Å²) in [6.07, 6.45) is 0.0819. The van der Waals surface area contributed by atoms with Gasteiger partial charge in [-0.1, -0.05) is 18.7 Å². The maximum absolute atomic E-state index is 14.1. The van der Waals surface area contributed by atoms with Crippen molar-refractivity contribution in [1.82, 2.24) is 0 Å². The molecule has 1 aliphatic carbocycles. The first-order valence-electron chi connectivity index (χ1n) is 11.3. The Morgan fingerprint density at radius 2 is 1.70 bits per heavy atom. The molecule has 5 rings (SSSR count). The molecule has 0 saturated carbocycles. The summed E-state index contributed by atoms with van der Waals surface area (Å²) >= 11 is 0. The summed E-state index contributed by atoms with van der Waals surface area (Å²) in [5.74, 6) is 0.643. The quantitative estimate of drug-likeness (QED) is 0.527. The first-order chi connectivity index (χ1) is 15.9. The normalized spacial score (nSPS) is 18.7. The molecule has 172 valence electrons. The smallest absolute Gasteiger partial charge is 0.418 e. The van der Waals surface area contributed by atoms with E-state index in [9.17, 15) is 13.2 Å². The number of alkyl halides is 3. The van der Waals surface area contributed by atoms with E-state index in [0.717, 1.165) is 67.6 Å². The summed E-state index contributed by atoms with van der Waals surface area (Å²) in [4.78, 5) is 2.13. The predicted octanol–water partition coefficient (Wildman–Crippen LogP) is 6.53. The fraction of sp³-hybridized carbons (Fsp3) is 0.346. The maximum Gasteiger partial charge on any atom is 0.418 e. The molecule has 0 unspecified atom stereocenters. The molecule has 3 aliphatic rings. The van der Waals surface area contributed by atoms with Crippen molar-refractivity contribution in [3.63, 3.8) is 0 Å². The first-order valence-corrected chi connectivity index (χ1v) is 11.3. The van der Waals surface area contributed by atoms with Crippen molar-refractivity contribution in [3.05, 3.63) is 77.0 Å². The molecule has 0 amide bonds. The van der Waals surface area contributed by atoms with Gasteiger partial charge in [-0.15, -0.1) is 0 Å². The lowest BCUT2D eigenvalue weighted by Gasteiger charge is -2.32. The molecule has 1 saturated heterocycles. The lowest BCUT2D eigenvalue weighted by molar-refractivity contribution is -0.137. The fourth-order valence-electron chi connectivity index (χ4n) is 5.04. The zero-order chi connectivity index (χ0) is 23.2. The standard InChI is InChI=1S/C26H26F3N3O/c1-17-19-9-7-10-20(19)25(21-8-3-4-11-24(21)33-2)30-32(17)23-16-18(31-14-5-6-15-31)12-13-22(23)26(27,28)29/h3-4,8,11-13,16H,1,5-7,9-10,14-15H2,2H3. The van der Waals surface area contributed by atoms with E-state index >= 15 is 0 Å². The maximum atomic E-state index is 14.1. The Hall–Kier alpha value is -3.22. The number of anilines is 2. The Bertz CT molecular complexity index is 1160. The Balaban J connectivity index is 1.69. The third-order valence-electron chi connectivity index (χ3n) is 6.66. The van der Waals surface area contributed by atoms with Gasteiger partial charge in [-0.05, 0) is 73.6 Å². The number of hydrogen-bond acceptors (Lipinski definition) is 4. The number of hydrogen-bond donors (Lipinski definition) is 0. The minimum Gasteiger partial charge on any atom is -0.496 e. The highest BCUT2D eigenvalue weighted by Crippen LogP contribution is 2.46.